The zero-order valence-corrected chi connectivity index (χ0v) is 19.2. The predicted molar refractivity (Wildman–Crippen MR) is 124 cm³/mol. The maximum Gasteiger partial charge on any atom is 0.158 e. The number of rotatable bonds is 3. The van der Waals surface area contributed by atoms with Crippen LogP contribution in [0.5, 0.6) is 0 Å². The maximum absolute atomic E-state index is 4.43. The average Bonchev–Trinajstić information content (AvgIpc) is 3.31. The number of fused-ring (bicyclic) bond motifs is 2. The standard InChI is InChI=1S/C24H29N5S/c1-12(2)18-19-15(5)21(16-6-24(7-16)9-25-10-24)30-23(19)28-20(18)17-8-29-22(26-11-27-29)14(4)13(17)3/h8,11-12,16,25,28H,6-7,9-10H2,1-5H3. The molecule has 0 aromatic carbocycles. The molecule has 0 amide bonds. The molecule has 2 fully saturated rings. The third-order valence-corrected chi connectivity index (χ3v) is 9.03. The van der Waals surface area contributed by atoms with Gasteiger partial charge in [-0.15, -0.1) is 11.3 Å². The van der Waals surface area contributed by atoms with Gasteiger partial charge in [-0.05, 0) is 73.1 Å². The van der Waals surface area contributed by atoms with Gasteiger partial charge in [-0.3, -0.25) is 0 Å². The van der Waals surface area contributed by atoms with E-state index < -0.39 is 0 Å². The van der Waals surface area contributed by atoms with Gasteiger partial charge in [0.15, 0.2) is 5.65 Å². The molecular formula is C24H29N5S. The fraction of sp³-hybridized carbons (Fsp3) is 0.500. The SMILES string of the molecule is Cc1c(-c2[nH]c3sc(C4CC5(CNC5)C4)c(C)c3c2C(C)C)cn2ncnc2c1C. The Morgan fingerprint density at radius 2 is 1.90 bits per heavy atom. The molecule has 0 unspecified atom stereocenters. The monoisotopic (exact) mass is 419 g/mol. The number of aromatic nitrogens is 4. The van der Waals surface area contributed by atoms with Gasteiger partial charge in [0.05, 0.1) is 5.69 Å². The van der Waals surface area contributed by atoms with Crippen LogP contribution in [0.2, 0.25) is 0 Å². The number of nitrogens with one attached hydrogen (secondary N) is 2. The Kier molecular flexibility index (Phi) is 3.82. The van der Waals surface area contributed by atoms with E-state index in [0.717, 1.165) is 11.6 Å². The largest absolute Gasteiger partial charge is 0.346 e. The molecule has 156 valence electrons. The van der Waals surface area contributed by atoms with E-state index in [9.17, 15) is 0 Å². The molecule has 30 heavy (non-hydrogen) atoms. The molecule has 1 saturated carbocycles. The highest BCUT2D eigenvalue weighted by molar-refractivity contribution is 7.19. The van der Waals surface area contributed by atoms with Crippen LogP contribution in [0, 0.1) is 26.2 Å². The Hall–Kier alpha value is -2.18. The molecule has 4 aromatic heterocycles. The van der Waals surface area contributed by atoms with Gasteiger partial charge in [-0.1, -0.05) is 13.8 Å². The van der Waals surface area contributed by atoms with Crippen molar-refractivity contribution in [1.82, 2.24) is 24.9 Å². The van der Waals surface area contributed by atoms with Crippen LogP contribution < -0.4 is 5.32 Å². The minimum atomic E-state index is 0.449. The lowest BCUT2D eigenvalue weighted by Gasteiger charge is -2.54. The molecule has 0 atom stereocenters. The normalized spacial score (nSPS) is 18.6. The third kappa shape index (κ3) is 2.38. The van der Waals surface area contributed by atoms with Crippen molar-refractivity contribution in [2.75, 3.05) is 13.1 Å². The summed E-state index contributed by atoms with van der Waals surface area (Å²) in [7, 11) is 0. The number of thiophene rings is 1. The van der Waals surface area contributed by atoms with Crippen molar-refractivity contribution in [1.29, 1.82) is 0 Å². The van der Waals surface area contributed by atoms with E-state index in [4.69, 9.17) is 0 Å². The van der Waals surface area contributed by atoms with Crippen molar-refractivity contribution in [2.45, 2.75) is 59.3 Å². The van der Waals surface area contributed by atoms with Crippen LogP contribution in [-0.4, -0.2) is 32.7 Å². The van der Waals surface area contributed by atoms with Gasteiger partial charge in [0.2, 0.25) is 0 Å². The van der Waals surface area contributed by atoms with Crippen LogP contribution in [0.4, 0.5) is 0 Å². The lowest BCUT2D eigenvalue weighted by atomic mass is 9.58. The molecule has 5 nitrogen and oxygen atoms in total. The average molecular weight is 420 g/mol. The van der Waals surface area contributed by atoms with Gasteiger partial charge in [0.1, 0.15) is 11.2 Å². The van der Waals surface area contributed by atoms with Crippen molar-refractivity contribution >= 4 is 27.2 Å². The fourth-order valence-electron chi connectivity index (χ4n) is 5.82. The summed E-state index contributed by atoms with van der Waals surface area (Å²) in [5.74, 6) is 1.20. The summed E-state index contributed by atoms with van der Waals surface area (Å²) in [6, 6.07) is 0. The van der Waals surface area contributed by atoms with Crippen molar-refractivity contribution in [2.24, 2.45) is 5.41 Å². The van der Waals surface area contributed by atoms with Gasteiger partial charge < -0.3 is 10.3 Å². The summed E-state index contributed by atoms with van der Waals surface area (Å²) in [4.78, 5) is 11.2. The lowest BCUT2D eigenvalue weighted by Crippen LogP contribution is -2.59. The molecule has 2 aliphatic rings. The minimum Gasteiger partial charge on any atom is -0.346 e. The fourth-order valence-corrected chi connectivity index (χ4v) is 7.15. The summed E-state index contributed by atoms with van der Waals surface area (Å²) < 4.78 is 1.91. The van der Waals surface area contributed by atoms with Crippen LogP contribution in [0.25, 0.3) is 27.1 Å². The smallest absolute Gasteiger partial charge is 0.158 e. The van der Waals surface area contributed by atoms with Gasteiger partial charge in [0, 0.05) is 35.1 Å². The van der Waals surface area contributed by atoms with Crippen LogP contribution in [0.1, 0.15) is 65.7 Å². The summed E-state index contributed by atoms with van der Waals surface area (Å²) >= 11 is 1.99. The van der Waals surface area contributed by atoms with Crippen molar-refractivity contribution in [3.05, 3.63) is 39.7 Å². The first-order valence-electron chi connectivity index (χ1n) is 11.0. The zero-order valence-electron chi connectivity index (χ0n) is 18.4. The second kappa shape index (κ2) is 6.17. The van der Waals surface area contributed by atoms with Crippen LogP contribution >= 0.6 is 11.3 Å². The Bertz CT molecular complexity index is 1290. The van der Waals surface area contributed by atoms with Crippen molar-refractivity contribution < 1.29 is 0 Å². The van der Waals surface area contributed by atoms with Crippen molar-refractivity contribution in [3.63, 3.8) is 0 Å². The van der Waals surface area contributed by atoms with Crippen LogP contribution in [0.15, 0.2) is 12.5 Å². The van der Waals surface area contributed by atoms with Gasteiger partial charge in [-0.2, -0.15) is 5.10 Å². The Labute approximate surface area is 180 Å². The number of pyridine rings is 1. The first-order valence-corrected chi connectivity index (χ1v) is 11.9. The quantitative estimate of drug-likeness (QED) is 0.464. The highest BCUT2D eigenvalue weighted by Gasteiger charge is 2.49. The molecule has 1 aliphatic carbocycles. The lowest BCUT2D eigenvalue weighted by molar-refractivity contribution is 0.0374. The Balaban J connectivity index is 1.51. The van der Waals surface area contributed by atoms with Crippen LogP contribution in [0.3, 0.4) is 0 Å². The molecule has 1 spiro atoms. The van der Waals surface area contributed by atoms with E-state index in [1.165, 1.54) is 69.7 Å². The second-order valence-electron chi connectivity index (χ2n) is 9.89. The summed E-state index contributed by atoms with van der Waals surface area (Å²) in [5, 5.41) is 9.34. The van der Waals surface area contributed by atoms with Crippen molar-refractivity contribution in [3.8, 4) is 11.3 Å². The number of aryl methyl sites for hydroxylation is 2. The van der Waals surface area contributed by atoms with Gasteiger partial charge in [0.25, 0.3) is 0 Å². The highest BCUT2D eigenvalue weighted by Crippen LogP contribution is 2.56. The summed E-state index contributed by atoms with van der Waals surface area (Å²) in [6.45, 7) is 13.8. The number of hydrogen-bond acceptors (Lipinski definition) is 4. The molecule has 4 aromatic rings. The second-order valence-corrected chi connectivity index (χ2v) is 10.9. The highest BCUT2D eigenvalue weighted by atomic mass is 32.1. The molecule has 2 N–H and O–H groups in total. The number of nitrogens with zero attached hydrogens (tertiary/aromatic N) is 3. The van der Waals surface area contributed by atoms with Gasteiger partial charge >= 0.3 is 0 Å². The van der Waals surface area contributed by atoms with E-state index in [1.54, 1.807) is 11.2 Å². The molecule has 6 heteroatoms. The van der Waals surface area contributed by atoms with Gasteiger partial charge in [-0.25, -0.2) is 9.50 Å². The van der Waals surface area contributed by atoms with E-state index in [1.807, 2.05) is 15.9 Å². The Morgan fingerprint density at radius 3 is 2.57 bits per heavy atom. The zero-order chi connectivity index (χ0) is 20.8. The first-order chi connectivity index (χ1) is 14.4. The summed E-state index contributed by atoms with van der Waals surface area (Å²) in [5.41, 5.74) is 9.48. The number of aromatic amines is 1. The molecular weight excluding hydrogens is 390 g/mol. The van der Waals surface area contributed by atoms with E-state index >= 15 is 0 Å². The molecule has 0 bridgehead atoms. The third-order valence-electron chi connectivity index (χ3n) is 7.66. The molecule has 5 heterocycles. The maximum atomic E-state index is 4.43. The molecule has 1 aliphatic heterocycles. The topological polar surface area (TPSA) is 58.0 Å². The number of H-pyrrole nitrogens is 1. The van der Waals surface area contributed by atoms with E-state index in [2.05, 4.69) is 61.2 Å². The number of hydrogen-bond donors (Lipinski definition) is 2. The molecule has 1 saturated heterocycles. The predicted octanol–water partition coefficient (Wildman–Crippen LogP) is 5.45. The first kappa shape index (κ1) is 18.6. The Morgan fingerprint density at radius 1 is 1.13 bits per heavy atom. The van der Waals surface area contributed by atoms with Crippen LogP contribution in [-0.2, 0) is 0 Å². The summed E-state index contributed by atoms with van der Waals surface area (Å²) in [6.07, 6.45) is 6.49. The van der Waals surface area contributed by atoms with E-state index in [-0.39, 0.29) is 0 Å². The minimum absolute atomic E-state index is 0.449. The molecule has 6 rings (SSSR count). The molecule has 0 radical (unpaired) electrons. The van der Waals surface area contributed by atoms with E-state index in [0.29, 0.717) is 11.3 Å².